The molecule has 2 amide bonds. The molecule has 6 rings (SSSR count). The van der Waals surface area contributed by atoms with Crippen LogP contribution in [0, 0.1) is 5.92 Å². The molecule has 0 unspecified atom stereocenters. The average molecular weight is 656 g/mol. The zero-order valence-electron chi connectivity index (χ0n) is 28.8. The highest BCUT2D eigenvalue weighted by Gasteiger charge is 2.41. The summed E-state index contributed by atoms with van der Waals surface area (Å²) in [6.07, 6.45) is 1.87. The number of carbonyl (C=O) groups is 2. The van der Waals surface area contributed by atoms with Gasteiger partial charge < -0.3 is 34.2 Å². The molecule has 1 aliphatic carbocycles. The number of anilines is 1. The summed E-state index contributed by atoms with van der Waals surface area (Å²) in [6.45, 7) is 13.0. The smallest absolute Gasteiger partial charge is 0.408 e. The van der Waals surface area contributed by atoms with Crippen molar-refractivity contribution in [2.45, 2.75) is 77.5 Å². The number of ether oxygens (including phenoxy) is 3. The molecule has 1 aliphatic heterocycles. The molecule has 3 heterocycles. The predicted molar refractivity (Wildman–Crippen MR) is 184 cm³/mol. The standard InChI is InChI=1S/C37H45N5O6/c1-35(2,3)47-33(43)38-20-23-21-42(22-23)32-39-30(45-7)28-27(24-12-9-8-10-13-24)29(46-31(28)40-32)25-14-16-26(17-15-25)37(18-11-19-37)41-34(44)48-36(4,5)6/h8-10,12-17,23H,11,18-22H2,1-7H3,(H,38,43)(H,41,44). The molecule has 2 fully saturated rings. The lowest BCUT2D eigenvalue weighted by Crippen LogP contribution is -2.52. The van der Waals surface area contributed by atoms with Gasteiger partial charge in [0.05, 0.1) is 12.6 Å². The van der Waals surface area contributed by atoms with Crippen LogP contribution in [0.1, 0.15) is 66.4 Å². The third-order valence-corrected chi connectivity index (χ3v) is 8.58. The van der Waals surface area contributed by atoms with Crippen molar-refractivity contribution in [3.8, 4) is 28.3 Å². The number of rotatable bonds is 8. The number of alkyl carbamates (subject to hydrolysis) is 2. The molecule has 48 heavy (non-hydrogen) atoms. The van der Waals surface area contributed by atoms with Crippen LogP contribution < -0.4 is 20.3 Å². The average Bonchev–Trinajstić information content (AvgIpc) is 3.36. The molecule has 254 valence electrons. The van der Waals surface area contributed by atoms with E-state index in [-0.39, 0.29) is 5.92 Å². The van der Waals surface area contributed by atoms with Crippen molar-refractivity contribution in [1.82, 2.24) is 20.6 Å². The van der Waals surface area contributed by atoms with Crippen LogP contribution in [-0.2, 0) is 15.0 Å². The first-order chi connectivity index (χ1) is 22.7. The summed E-state index contributed by atoms with van der Waals surface area (Å²) in [5.74, 6) is 1.81. The molecule has 1 saturated carbocycles. The number of aromatic nitrogens is 2. The fourth-order valence-corrected chi connectivity index (χ4v) is 6.19. The van der Waals surface area contributed by atoms with E-state index in [1.165, 1.54) is 0 Å². The fraction of sp³-hybridized carbons (Fsp3) is 0.459. The quantitative estimate of drug-likeness (QED) is 0.199. The van der Waals surface area contributed by atoms with E-state index in [9.17, 15) is 9.59 Å². The van der Waals surface area contributed by atoms with Crippen molar-refractivity contribution in [3.05, 3.63) is 60.2 Å². The summed E-state index contributed by atoms with van der Waals surface area (Å²) < 4.78 is 23.3. The lowest BCUT2D eigenvalue weighted by Gasteiger charge is -2.43. The van der Waals surface area contributed by atoms with Gasteiger partial charge in [-0.2, -0.15) is 9.97 Å². The van der Waals surface area contributed by atoms with Gasteiger partial charge in [-0.15, -0.1) is 0 Å². The Morgan fingerprint density at radius 3 is 2.12 bits per heavy atom. The molecule has 2 aliphatic rings. The van der Waals surface area contributed by atoms with Crippen LogP contribution in [0.3, 0.4) is 0 Å². The molecular formula is C37H45N5O6. The van der Waals surface area contributed by atoms with E-state index in [1.807, 2.05) is 101 Å². The van der Waals surface area contributed by atoms with E-state index in [0.29, 0.717) is 48.3 Å². The van der Waals surface area contributed by atoms with Crippen LogP contribution in [-0.4, -0.2) is 60.1 Å². The number of furan rings is 1. The normalized spacial score (nSPS) is 16.1. The molecular weight excluding hydrogens is 610 g/mol. The van der Waals surface area contributed by atoms with Gasteiger partial charge in [0.2, 0.25) is 17.5 Å². The number of carbonyl (C=O) groups excluding carboxylic acids is 2. The summed E-state index contributed by atoms with van der Waals surface area (Å²) in [7, 11) is 1.60. The van der Waals surface area contributed by atoms with Gasteiger partial charge in [0.25, 0.3) is 0 Å². The third-order valence-electron chi connectivity index (χ3n) is 8.58. The second-order valence-corrected chi connectivity index (χ2v) is 14.7. The van der Waals surface area contributed by atoms with Crippen LogP contribution >= 0.6 is 0 Å². The molecule has 0 radical (unpaired) electrons. The SMILES string of the molecule is COc1nc(N2CC(CNC(=O)OC(C)(C)C)C2)nc2oc(-c3ccc(C4(NC(=O)OC(C)(C)C)CCC4)cc3)c(-c3ccccc3)c12. The van der Waals surface area contributed by atoms with E-state index in [4.69, 9.17) is 28.6 Å². The number of nitrogens with zero attached hydrogens (tertiary/aromatic N) is 3. The third kappa shape index (κ3) is 7.05. The molecule has 0 atom stereocenters. The minimum absolute atomic E-state index is 0.233. The monoisotopic (exact) mass is 655 g/mol. The van der Waals surface area contributed by atoms with E-state index in [0.717, 1.165) is 41.5 Å². The number of fused-ring (bicyclic) bond motifs is 1. The second kappa shape index (κ2) is 12.7. The highest BCUT2D eigenvalue weighted by atomic mass is 16.6. The number of hydrogen-bond acceptors (Lipinski definition) is 9. The summed E-state index contributed by atoms with van der Waals surface area (Å²) in [5.41, 5.74) is 2.52. The minimum Gasteiger partial charge on any atom is -0.480 e. The Hall–Kier alpha value is -4.80. The lowest BCUT2D eigenvalue weighted by molar-refractivity contribution is 0.0376. The number of methoxy groups -OCH3 is 1. The first kappa shape index (κ1) is 33.1. The minimum atomic E-state index is -0.575. The molecule has 0 spiro atoms. The molecule has 1 saturated heterocycles. The van der Waals surface area contributed by atoms with Gasteiger partial charge in [-0.05, 0) is 71.9 Å². The molecule has 2 aromatic carbocycles. The highest BCUT2D eigenvalue weighted by molar-refractivity contribution is 6.03. The van der Waals surface area contributed by atoms with Crippen LogP contribution in [0.25, 0.3) is 33.6 Å². The van der Waals surface area contributed by atoms with Crippen LogP contribution in [0.5, 0.6) is 5.88 Å². The Balaban J connectivity index is 1.28. The maximum absolute atomic E-state index is 12.7. The van der Waals surface area contributed by atoms with Crippen LogP contribution in [0.2, 0.25) is 0 Å². The summed E-state index contributed by atoms with van der Waals surface area (Å²) in [5, 5.41) is 6.68. The van der Waals surface area contributed by atoms with Crippen molar-refractivity contribution < 1.29 is 28.2 Å². The fourth-order valence-electron chi connectivity index (χ4n) is 6.19. The van der Waals surface area contributed by atoms with Gasteiger partial charge in [0.15, 0.2) is 0 Å². The molecule has 11 nitrogen and oxygen atoms in total. The number of benzene rings is 2. The topological polar surface area (TPSA) is 128 Å². The van der Waals surface area contributed by atoms with Gasteiger partial charge in [0.1, 0.15) is 22.3 Å². The highest BCUT2D eigenvalue weighted by Crippen LogP contribution is 2.46. The Morgan fingerprint density at radius 2 is 1.54 bits per heavy atom. The number of amides is 2. The first-order valence-electron chi connectivity index (χ1n) is 16.5. The van der Waals surface area contributed by atoms with Crippen LogP contribution in [0.4, 0.5) is 15.5 Å². The summed E-state index contributed by atoms with van der Waals surface area (Å²) in [6, 6.07) is 18.1. The molecule has 0 bridgehead atoms. The Labute approximate surface area is 281 Å². The maximum atomic E-state index is 12.7. The maximum Gasteiger partial charge on any atom is 0.408 e. The van der Waals surface area contributed by atoms with Gasteiger partial charge >= 0.3 is 12.2 Å². The van der Waals surface area contributed by atoms with Crippen molar-refractivity contribution in [1.29, 1.82) is 0 Å². The largest absolute Gasteiger partial charge is 0.480 e. The molecule has 4 aromatic rings. The van der Waals surface area contributed by atoms with Gasteiger partial charge in [0, 0.05) is 36.7 Å². The molecule has 11 heteroatoms. The Bertz CT molecular complexity index is 1780. The van der Waals surface area contributed by atoms with E-state index >= 15 is 0 Å². The number of nitrogens with one attached hydrogen (secondary N) is 2. The lowest BCUT2D eigenvalue weighted by atomic mass is 9.71. The second-order valence-electron chi connectivity index (χ2n) is 14.7. The summed E-state index contributed by atoms with van der Waals surface area (Å²) in [4.78, 5) is 36.5. The Morgan fingerprint density at radius 1 is 0.896 bits per heavy atom. The predicted octanol–water partition coefficient (Wildman–Crippen LogP) is 7.43. The van der Waals surface area contributed by atoms with Gasteiger partial charge in [-0.25, -0.2) is 9.59 Å². The van der Waals surface area contributed by atoms with Crippen molar-refractivity contribution in [2.75, 3.05) is 31.6 Å². The summed E-state index contributed by atoms with van der Waals surface area (Å²) >= 11 is 0. The molecule has 2 N–H and O–H groups in total. The van der Waals surface area contributed by atoms with Gasteiger partial charge in [-0.1, -0.05) is 54.6 Å². The van der Waals surface area contributed by atoms with E-state index < -0.39 is 28.9 Å². The van der Waals surface area contributed by atoms with E-state index in [2.05, 4.69) is 10.6 Å². The van der Waals surface area contributed by atoms with E-state index in [1.54, 1.807) is 7.11 Å². The van der Waals surface area contributed by atoms with Crippen molar-refractivity contribution in [2.24, 2.45) is 5.92 Å². The van der Waals surface area contributed by atoms with Gasteiger partial charge in [-0.3, -0.25) is 0 Å². The Kier molecular flexibility index (Phi) is 8.74. The zero-order chi connectivity index (χ0) is 34.3. The molecule has 2 aromatic heterocycles. The van der Waals surface area contributed by atoms with Crippen molar-refractivity contribution in [3.63, 3.8) is 0 Å². The zero-order valence-corrected chi connectivity index (χ0v) is 28.8. The van der Waals surface area contributed by atoms with Crippen molar-refractivity contribution >= 4 is 29.2 Å². The first-order valence-corrected chi connectivity index (χ1v) is 16.5. The number of hydrogen-bond donors (Lipinski definition) is 2. The van der Waals surface area contributed by atoms with Crippen LogP contribution in [0.15, 0.2) is 59.0 Å².